The monoisotopic (exact) mass is 553 g/mol. The summed E-state index contributed by atoms with van der Waals surface area (Å²) in [7, 11) is 0. The van der Waals surface area contributed by atoms with Gasteiger partial charge < -0.3 is 15.6 Å². The summed E-state index contributed by atoms with van der Waals surface area (Å²) in [6.07, 6.45) is 1.84. The smallest absolute Gasteiger partial charge is 0.315 e. The number of fused-ring (bicyclic) bond motifs is 1. The van der Waals surface area contributed by atoms with E-state index in [-0.39, 0.29) is 67.9 Å². The van der Waals surface area contributed by atoms with Crippen molar-refractivity contribution < 1.29 is 14.6 Å². The molecule has 39 heavy (non-hydrogen) atoms. The van der Waals surface area contributed by atoms with Crippen molar-refractivity contribution in [3.8, 4) is 16.9 Å². The van der Waals surface area contributed by atoms with Crippen LogP contribution in [0.2, 0.25) is 5.15 Å². The van der Waals surface area contributed by atoms with E-state index in [1.54, 1.807) is 0 Å². The average Bonchev–Trinajstić information content (AvgIpc) is 3.08. The quantitative estimate of drug-likeness (QED) is 0.370. The molecule has 1 aromatic carbocycles. The van der Waals surface area contributed by atoms with Crippen LogP contribution >= 0.6 is 11.6 Å². The van der Waals surface area contributed by atoms with Crippen LogP contribution in [-0.2, 0) is 4.79 Å². The Morgan fingerprint density at radius 2 is 1.62 bits per heavy atom. The molecule has 0 aliphatic heterocycles. The molecule has 0 saturated heterocycles. The molecule has 2 atom stereocenters. The molecule has 0 amide bonds. The molecule has 1 aliphatic rings. The first kappa shape index (κ1) is 28.9. The fourth-order valence-electron chi connectivity index (χ4n) is 6.30. The van der Waals surface area contributed by atoms with Crippen LogP contribution in [0.1, 0.15) is 68.2 Å². The number of ether oxygens (including phenoxy) is 1. The number of hydrogen-bond donors (Lipinski definition) is 2. The van der Waals surface area contributed by atoms with E-state index in [0.29, 0.717) is 17.0 Å². The number of aliphatic hydroxyl groups excluding tert-OH is 1. The SMILES string of the molecule is CC(O)=c1c(N)nc2c(OC(=O)C3C(C(C)(C)C)CC(C)CC3C(C)(C)C)c(-c3ccccc3)c(Cl)n2c1=O. The highest BCUT2D eigenvalue weighted by Gasteiger charge is 2.50. The molecular weight excluding hydrogens is 514 g/mol. The second-order valence-corrected chi connectivity index (χ2v) is 13.6. The molecule has 2 unspecified atom stereocenters. The van der Waals surface area contributed by atoms with Gasteiger partial charge in [0.15, 0.2) is 11.4 Å². The van der Waals surface area contributed by atoms with Gasteiger partial charge in [0.1, 0.15) is 21.9 Å². The van der Waals surface area contributed by atoms with Gasteiger partial charge in [-0.25, -0.2) is 9.38 Å². The number of nitrogen functional groups attached to an aromatic ring is 1. The lowest BCUT2D eigenvalue weighted by molar-refractivity contribution is -0.152. The number of benzene rings is 1. The van der Waals surface area contributed by atoms with Gasteiger partial charge in [-0.05, 0) is 53.9 Å². The van der Waals surface area contributed by atoms with Gasteiger partial charge in [0.25, 0.3) is 5.56 Å². The largest absolute Gasteiger partial charge is 0.512 e. The number of halogens is 1. The number of nitrogens with two attached hydrogens (primary N) is 1. The molecule has 7 nitrogen and oxygen atoms in total. The maximum atomic E-state index is 14.3. The Hall–Kier alpha value is -3.06. The number of hydrogen-bond acceptors (Lipinski definition) is 6. The number of aliphatic hydroxyl groups is 1. The van der Waals surface area contributed by atoms with Gasteiger partial charge in [-0.2, -0.15) is 0 Å². The van der Waals surface area contributed by atoms with Crippen molar-refractivity contribution in [1.29, 1.82) is 0 Å². The highest BCUT2D eigenvalue weighted by molar-refractivity contribution is 6.33. The molecule has 1 saturated carbocycles. The maximum Gasteiger partial charge on any atom is 0.315 e. The summed E-state index contributed by atoms with van der Waals surface area (Å²) in [5.74, 6) is -0.393. The van der Waals surface area contributed by atoms with Crippen molar-refractivity contribution in [3.05, 3.63) is 51.1 Å². The molecule has 0 bridgehead atoms. The van der Waals surface area contributed by atoms with Crippen molar-refractivity contribution in [3.63, 3.8) is 0 Å². The fourth-order valence-corrected chi connectivity index (χ4v) is 6.65. The third kappa shape index (κ3) is 5.25. The topological polar surface area (TPSA) is 107 Å². The Morgan fingerprint density at radius 3 is 2.10 bits per heavy atom. The number of aromatic nitrogens is 2. The zero-order chi connectivity index (χ0) is 29.0. The summed E-state index contributed by atoms with van der Waals surface area (Å²) in [5, 5.41) is 10.0. The van der Waals surface area contributed by atoms with Crippen molar-refractivity contribution in [2.75, 3.05) is 5.73 Å². The Labute approximate surface area is 235 Å². The van der Waals surface area contributed by atoms with Crippen molar-refractivity contribution in [2.45, 2.75) is 68.2 Å². The van der Waals surface area contributed by atoms with Gasteiger partial charge in [0.05, 0.1) is 11.5 Å². The molecule has 8 heteroatoms. The van der Waals surface area contributed by atoms with Crippen LogP contribution in [-0.4, -0.2) is 20.5 Å². The molecule has 1 fully saturated rings. The number of esters is 1. The van der Waals surface area contributed by atoms with E-state index in [1.165, 1.54) is 6.92 Å². The number of anilines is 1. The zero-order valence-corrected chi connectivity index (χ0v) is 24.9. The molecule has 3 aromatic rings. The number of carbonyl (C=O) groups is 1. The lowest BCUT2D eigenvalue weighted by Gasteiger charge is -2.49. The third-order valence-electron chi connectivity index (χ3n) is 8.25. The predicted molar refractivity (Wildman–Crippen MR) is 157 cm³/mol. The van der Waals surface area contributed by atoms with Gasteiger partial charge in [0.2, 0.25) is 0 Å². The Bertz CT molecular complexity index is 1490. The number of rotatable bonds is 3. The highest BCUT2D eigenvalue weighted by Crippen LogP contribution is 2.53. The minimum Gasteiger partial charge on any atom is -0.512 e. The van der Waals surface area contributed by atoms with Crippen LogP contribution in [0, 0.1) is 34.5 Å². The Balaban J connectivity index is 1.97. The Morgan fingerprint density at radius 1 is 1.08 bits per heavy atom. The summed E-state index contributed by atoms with van der Waals surface area (Å²) in [6, 6.07) is 9.19. The molecule has 2 aromatic heterocycles. The van der Waals surface area contributed by atoms with Crippen LogP contribution in [0.25, 0.3) is 22.5 Å². The lowest BCUT2D eigenvalue weighted by atomic mass is 9.55. The van der Waals surface area contributed by atoms with Crippen LogP contribution in [0.4, 0.5) is 5.82 Å². The standard InChI is InChI=1S/C31H40ClN3O4/c1-16-14-19(30(3,4)5)23(20(15-16)31(6,7)8)29(38)39-24-22(18-12-10-9-11-13-18)25(32)35-27(24)34-26(33)21(17(2)36)28(35)37/h9-13,16,19-20,23,36H,14-15H2,1-8H3,(H2,33,34). The van der Waals surface area contributed by atoms with Crippen molar-refractivity contribution >= 4 is 34.8 Å². The van der Waals surface area contributed by atoms with E-state index in [2.05, 4.69) is 53.5 Å². The zero-order valence-electron chi connectivity index (χ0n) is 24.1. The predicted octanol–water partition coefficient (Wildman–Crippen LogP) is 6.28. The second-order valence-electron chi connectivity index (χ2n) is 13.3. The third-order valence-corrected chi connectivity index (χ3v) is 8.61. The van der Waals surface area contributed by atoms with Crippen molar-refractivity contribution in [1.82, 2.24) is 9.38 Å². The fraction of sp³-hybridized carbons (Fsp3) is 0.516. The van der Waals surface area contributed by atoms with Crippen molar-refractivity contribution in [2.24, 2.45) is 34.5 Å². The van der Waals surface area contributed by atoms with Crippen LogP contribution in [0.15, 0.2) is 35.1 Å². The first-order valence-corrected chi connectivity index (χ1v) is 13.9. The molecule has 3 N–H and O–H groups in total. The summed E-state index contributed by atoms with van der Waals surface area (Å²) in [6.45, 7) is 16.7. The molecule has 1 aliphatic carbocycles. The van der Waals surface area contributed by atoms with E-state index in [1.807, 2.05) is 30.3 Å². The minimum atomic E-state index is -0.631. The van der Waals surface area contributed by atoms with Gasteiger partial charge in [0, 0.05) is 0 Å². The van der Waals surface area contributed by atoms with Crippen LogP contribution < -0.4 is 21.2 Å². The van der Waals surface area contributed by atoms with Crippen LogP contribution in [0.3, 0.4) is 0 Å². The molecule has 0 spiro atoms. The number of carbonyl (C=O) groups excluding carboxylic acids is 1. The van der Waals surface area contributed by atoms with E-state index < -0.39 is 5.56 Å². The van der Waals surface area contributed by atoms with Gasteiger partial charge >= 0.3 is 5.97 Å². The molecule has 4 rings (SSSR count). The highest BCUT2D eigenvalue weighted by atomic mass is 35.5. The molecular formula is C31H40ClN3O4. The summed E-state index contributed by atoms with van der Waals surface area (Å²) >= 11 is 6.82. The van der Waals surface area contributed by atoms with Gasteiger partial charge in [-0.3, -0.25) is 9.59 Å². The summed E-state index contributed by atoms with van der Waals surface area (Å²) < 4.78 is 7.46. The summed E-state index contributed by atoms with van der Waals surface area (Å²) in [5.41, 5.74) is 6.32. The van der Waals surface area contributed by atoms with Gasteiger partial charge in [-0.1, -0.05) is 90.4 Å². The first-order valence-electron chi connectivity index (χ1n) is 13.5. The Kier molecular flexibility index (Phi) is 7.54. The average molecular weight is 554 g/mol. The normalized spacial score (nSPS) is 23.1. The van der Waals surface area contributed by atoms with E-state index >= 15 is 0 Å². The van der Waals surface area contributed by atoms with Gasteiger partial charge in [-0.15, -0.1) is 0 Å². The van der Waals surface area contributed by atoms with E-state index in [4.69, 9.17) is 22.1 Å². The first-order chi connectivity index (χ1) is 18.0. The summed E-state index contributed by atoms with van der Waals surface area (Å²) in [4.78, 5) is 32.2. The molecule has 0 radical (unpaired) electrons. The second kappa shape index (κ2) is 10.2. The van der Waals surface area contributed by atoms with Crippen LogP contribution in [0.5, 0.6) is 5.75 Å². The lowest BCUT2D eigenvalue weighted by Crippen LogP contribution is -2.48. The van der Waals surface area contributed by atoms with E-state index in [0.717, 1.165) is 17.2 Å². The van der Waals surface area contributed by atoms with E-state index in [9.17, 15) is 14.7 Å². The molecule has 2 heterocycles. The maximum absolute atomic E-state index is 14.3. The molecule has 210 valence electrons. The number of nitrogens with zero attached hydrogens (tertiary/aromatic N) is 2. The minimum absolute atomic E-state index is 0.0380.